The van der Waals surface area contributed by atoms with E-state index in [-0.39, 0.29) is 12.1 Å². The van der Waals surface area contributed by atoms with Crippen LogP contribution in [0.25, 0.3) is 0 Å². The fourth-order valence-corrected chi connectivity index (χ4v) is 2.68. The highest BCUT2D eigenvalue weighted by Gasteiger charge is 2.57. The Balaban J connectivity index is 1.75. The van der Waals surface area contributed by atoms with Crippen LogP contribution in [0.1, 0.15) is 44.5 Å². The van der Waals surface area contributed by atoms with Crippen molar-refractivity contribution in [3.8, 4) is 0 Å². The zero-order valence-electron chi connectivity index (χ0n) is 12.7. The molecule has 1 saturated heterocycles. The highest BCUT2D eigenvalue weighted by Crippen LogP contribution is 2.48. The van der Waals surface area contributed by atoms with Crippen LogP contribution < -0.4 is 0 Å². The highest BCUT2D eigenvalue weighted by atomic mass is 16.5. The van der Waals surface area contributed by atoms with Gasteiger partial charge in [0.25, 0.3) is 0 Å². The molecule has 0 aromatic carbocycles. The van der Waals surface area contributed by atoms with E-state index in [0.717, 1.165) is 13.1 Å². The van der Waals surface area contributed by atoms with Crippen molar-refractivity contribution in [2.24, 2.45) is 0 Å². The van der Waals surface area contributed by atoms with Crippen molar-refractivity contribution in [3.05, 3.63) is 11.7 Å². The highest BCUT2D eigenvalue weighted by molar-refractivity contribution is 5.85. The van der Waals surface area contributed by atoms with Gasteiger partial charge in [-0.05, 0) is 26.7 Å². The zero-order valence-corrected chi connectivity index (χ0v) is 12.7. The summed E-state index contributed by atoms with van der Waals surface area (Å²) in [5.74, 6) is 0.575. The molecular formula is C14H21N3O4. The van der Waals surface area contributed by atoms with Crippen molar-refractivity contribution in [2.45, 2.75) is 44.2 Å². The number of hydrogen-bond acceptors (Lipinski definition) is 7. The van der Waals surface area contributed by atoms with E-state index in [1.54, 1.807) is 0 Å². The van der Waals surface area contributed by atoms with Crippen LogP contribution in [-0.2, 0) is 19.7 Å². The third kappa shape index (κ3) is 2.55. The van der Waals surface area contributed by atoms with Crippen LogP contribution in [0.2, 0.25) is 0 Å². The summed E-state index contributed by atoms with van der Waals surface area (Å²) in [5.41, 5.74) is -0.716. The van der Waals surface area contributed by atoms with Gasteiger partial charge in [-0.2, -0.15) is 4.98 Å². The topological polar surface area (TPSA) is 77.7 Å². The SMILES string of the molecule is COC(=O)C1(c2nc(C3CN(C(C)C)CCO3)no2)CC1. The Kier molecular flexibility index (Phi) is 3.71. The number of esters is 1. The van der Waals surface area contributed by atoms with Gasteiger partial charge in [0.2, 0.25) is 11.7 Å². The quantitative estimate of drug-likeness (QED) is 0.768. The minimum atomic E-state index is -0.716. The van der Waals surface area contributed by atoms with Crippen molar-refractivity contribution in [1.29, 1.82) is 0 Å². The summed E-state index contributed by atoms with van der Waals surface area (Å²) in [7, 11) is 1.38. The Morgan fingerprint density at radius 2 is 2.24 bits per heavy atom. The molecule has 21 heavy (non-hydrogen) atoms. The predicted octanol–water partition coefficient (Wildman–Crippen LogP) is 1.06. The molecule has 2 fully saturated rings. The van der Waals surface area contributed by atoms with E-state index in [4.69, 9.17) is 14.0 Å². The number of ether oxygens (including phenoxy) is 2. The first-order valence-corrected chi connectivity index (χ1v) is 7.35. The smallest absolute Gasteiger partial charge is 0.321 e. The fraction of sp³-hybridized carbons (Fsp3) is 0.786. The maximum atomic E-state index is 11.8. The van der Waals surface area contributed by atoms with Crippen molar-refractivity contribution in [3.63, 3.8) is 0 Å². The van der Waals surface area contributed by atoms with Gasteiger partial charge in [0.1, 0.15) is 11.5 Å². The molecule has 1 atom stereocenters. The van der Waals surface area contributed by atoms with Gasteiger partial charge >= 0.3 is 5.97 Å². The monoisotopic (exact) mass is 295 g/mol. The molecule has 1 aliphatic carbocycles. The molecule has 0 spiro atoms. The number of methoxy groups -OCH3 is 1. The van der Waals surface area contributed by atoms with E-state index < -0.39 is 5.41 Å². The van der Waals surface area contributed by atoms with Gasteiger partial charge in [0.15, 0.2) is 0 Å². The molecule has 116 valence electrons. The van der Waals surface area contributed by atoms with Gasteiger partial charge in [-0.3, -0.25) is 9.69 Å². The summed E-state index contributed by atoms with van der Waals surface area (Å²) < 4.78 is 15.9. The van der Waals surface area contributed by atoms with E-state index in [2.05, 4.69) is 28.9 Å². The van der Waals surface area contributed by atoms with Crippen LogP contribution in [0, 0.1) is 0 Å². The van der Waals surface area contributed by atoms with E-state index in [0.29, 0.717) is 37.2 Å². The first kappa shape index (κ1) is 14.5. The van der Waals surface area contributed by atoms with Crippen molar-refractivity contribution >= 4 is 5.97 Å². The summed E-state index contributed by atoms with van der Waals surface area (Å²) in [5, 5.41) is 4.01. The molecule has 7 nitrogen and oxygen atoms in total. The average molecular weight is 295 g/mol. The van der Waals surface area contributed by atoms with E-state index in [9.17, 15) is 4.79 Å². The molecule has 1 saturated carbocycles. The summed E-state index contributed by atoms with van der Waals surface area (Å²) in [6.07, 6.45) is 1.20. The van der Waals surface area contributed by atoms with Crippen molar-refractivity contribution in [2.75, 3.05) is 26.8 Å². The molecule has 1 aromatic heterocycles. The Morgan fingerprint density at radius 3 is 2.86 bits per heavy atom. The normalized spacial score (nSPS) is 25.0. The van der Waals surface area contributed by atoms with E-state index in [1.807, 2.05) is 0 Å². The lowest BCUT2D eigenvalue weighted by molar-refractivity contribution is -0.144. The molecular weight excluding hydrogens is 274 g/mol. The number of carbonyl (C=O) groups excluding carboxylic acids is 1. The Bertz CT molecular complexity index is 524. The molecule has 0 N–H and O–H groups in total. The summed E-state index contributed by atoms with van der Waals surface area (Å²) in [6.45, 7) is 6.60. The lowest BCUT2D eigenvalue weighted by Crippen LogP contribution is -2.42. The number of aromatic nitrogens is 2. The molecule has 1 unspecified atom stereocenters. The van der Waals surface area contributed by atoms with E-state index in [1.165, 1.54) is 7.11 Å². The molecule has 0 radical (unpaired) electrons. The van der Waals surface area contributed by atoms with Crippen molar-refractivity contribution < 1.29 is 18.8 Å². The molecule has 0 bridgehead atoms. The summed E-state index contributed by atoms with van der Waals surface area (Å²) in [6, 6.07) is 0.451. The van der Waals surface area contributed by atoms with Crippen LogP contribution in [0.3, 0.4) is 0 Å². The van der Waals surface area contributed by atoms with Crippen molar-refractivity contribution in [1.82, 2.24) is 15.0 Å². The minimum Gasteiger partial charge on any atom is -0.468 e. The van der Waals surface area contributed by atoms with Gasteiger partial charge in [-0.15, -0.1) is 0 Å². The molecule has 2 heterocycles. The number of carbonyl (C=O) groups is 1. The largest absolute Gasteiger partial charge is 0.468 e. The van der Waals surface area contributed by atoms with Crippen LogP contribution in [0.15, 0.2) is 4.52 Å². The second-order valence-electron chi connectivity index (χ2n) is 5.98. The first-order valence-electron chi connectivity index (χ1n) is 7.35. The maximum absolute atomic E-state index is 11.8. The lowest BCUT2D eigenvalue weighted by atomic mass is 10.1. The van der Waals surface area contributed by atoms with Gasteiger partial charge in [0.05, 0.1) is 13.7 Å². The molecule has 7 heteroatoms. The van der Waals surface area contributed by atoms with Gasteiger partial charge in [-0.1, -0.05) is 5.16 Å². The predicted molar refractivity (Wildman–Crippen MR) is 72.6 cm³/mol. The van der Waals surface area contributed by atoms with Gasteiger partial charge in [0, 0.05) is 19.1 Å². The van der Waals surface area contributed by atoms with Gasteiger partial charge in [-0.25, -0.2) is 0 Å². The second-order valence-corrected chi connectivity index (χ2v) is 5.98. The molecule has 3 rings (SSSR count). The number of hydrogen-bond donors (Lipinski definition) is 0. The summed E-state index contributed by atoms with van der Waals surface area (Å²) in [4.78, 5) is 18.6. The summed E-state index contributed by atoms with van der Waals surface area (Å²) >= 11 is 0. The van der Waals surface area contributed by atoms with Gasteiger partial charge < -0.3 is 14.0 Å². The maximum Gasteiger partial charge on any atom is 0.321 e. The average Bonchev–Trinajstić information content (AvgIpc) is 3.16. The third-order valence-corrected chi connectivity index (χ3v) is 4.29. The van der Waals surface area contributed by atoms with Crippen LogP contribution in [0.4, 0.5) is 0 Å². The molecule has 1 aromatic rings. The van der Waals surface area contributed by atoms with Crippen LogP contribution >= 0.6 is 0 Å². The van der Waals surface area contributed by atoms with Crippen LogP contribution in [-0.4, -0.2) is 53.9 Å². The first-order chi connectivity index (χ1) is 10.1. The van der Waals surface area contributed by atoms with Crippen LogP contribution in [0.5, 0.6) is 0 Å². The third-order valence-electron chi connectivity index (χ3n) is 4.29. The fourth-order valence-electron chi connectivity index (χ4n) is 2.68. The van der Waals surface area contributed by atoms with E-state index >= 15 is 0 Å². The number of nitrogens with zero attached hydrogens (tertiary/aromatic N) is 3. The Morgan fingerprint density at radius 1 is 1.48 bits per heavy atom. The standard InChI is InChI=1S/C14H21N3O4/c1-9(2)17-6-7-20-10(8-17)11-15-12(21-16-11)14(4-5-14)13(18)19-3/h9-10H,4-8H2,1-3H3. The number of rotatable bonds is 4. The Hall–Kier alpha value is -1.47. The molecule has 2 aliphatic rings. The molecule has 1 aliphatic heterocycles. The number of morpholine rings is 1. The molecule has 0 amide bonds. The lowest BCUT2D eigenvalue weighted by Gasteiger charge is -2.34. The second kappa shape index (κ2) is 5.38. The zero-order chi connectivity index (χ0) is 15.0. The Labute approximate surface area is 123 Å². The minimum absolute atomic E-state index is 0.202.